The molecule has 1 aliphatic rings. The third-order valence-electron chi connectivity index (χ3n) is 5.21. The van der Waals surface area contributed by atoms with E-state index >= 15 is 0 Å². The predicted octanol–water partition coefficient (Wildman–Crippen LogP) is 7.83. The molecule has 1 nitrogen and oxygen atoms in total. The zero-order valence-corrected chi connectivity index (χ0v) is 19.0. The third kappa shape index (κ3) is 5.04. The Morgan fingerprint density at radius 1 is 0.655 bits per heavy atom. The molecule has 0 spiro atoms. The van der Waals surface area contributed by atoms with Crippen LogP contribution in [0.25, 0.3) is 12.2 Å². The molecule has 0 saturated heterocycles. The highest BCUT2D eigenvalue weighted by molar-refractivity contribution is 9.10. The van der Waals surface area contributed by atoms with E-state index in [0.717, 1.165) is 44.1 Å². The minimum Gasteiger partial charge on any atom is -0.289 e. The molecule has 29 heavy (non-hydrogen) atoms. The van der Waals surface area contributed by atoms with E-state index in [1.54, 1.807) is 0 Å². The number of halogens is 2. The molecule has 0 bridgehead atoms. The first-order valence-electron chi connectivity index (χ1n) is 9.60. The number of rotatable bonds is 3. The number of carbonyl (C=O) groups excluding carboxylic acids is 1. The summed E-state index contributed by atoms with van der Waals surface area (Å²) in [5.74, 6) is 0.459. The highest BCUT2D eigenvalue weighted by Crippen LogP contribution is 2.38. The second-order valence-corrected chi connectivity index (χ2v) is 9.12. The number of benzene rings is 3. The fourth-order valence-electron chi connectivity index (χ4n) is 3.72. The van der Waals surface area contributed by atoms with Gasteiger partial charge in [0.25, 0.3) is 0 Å². The number of hydrogen-bond donors (Lipinski definition) is 0. The van der Waals surface area contributed by atoms with Crippen LogP contribution < -0.4 is 0 Å². The summed E-state index contributed by atoms with van der Waals surface area (Å²) in [5.41, 5.74) is 5.12. The minimum atomic E-state index is 0.156. The van der Waals surface area contributed by atoms with Gasteiger partial charge in [-0.1, -0.05) is 86.5 Å². The van der Waals surface area contributed by atoms with E-state index in [9.17, 15) is 4.79 Å². The Balaban J connectivity index is 1.73. The van der Waals surface area contributed by atoms with E-state index in [0.29, 0.717) is 5.92 Å². The van der Waals surface area contributed by atoms with Crippen molar-refractivity contribution in [1.29, 1.82) is 0 Å². The van der Waals surface area contributed by atoms with E-state index in [1.165, 1.54) is 5.56 Å². The molecule has 0 aliphatic heterocycles. The van der Waals surface area contributed by atoms with Crippen LogP contribution in [0.3, 0.4) is 0 Å². The smallest absolute Gasteiger partial charge is 0.185 e. The van der Waals surface area contributed by atoms with Gasteiger partial charge in [0, 0.05) is 20.1 Å². The minimum absolute atomic E-state index is 0.156. The van der Waals surface area contributed by atoms with Gasteiger partial charge in [-0.15, -0.1) is 0 Å². The maximum Gasteiger partial charge on any atom is 0.185 e. The predicted molar refractivity (Wildman–Crippen MR) is 128 cm³/mol. The Bertz CT molecular complexity index is 994. The highest BCUT2D eigenvalue weighted by Gasteiger charge is 2.28. The van der Waals surface area contributed by atoms with E-state index in [-0.39, 0.29) is 5.78 Å². The molecule has 1 fully saturated rings. The number of carbonyl (C=O) groups is 1. The van der Waals surface area contributed by atoms with Gasteiger partial charge in [0.2, 0.25) is 0 Å². The number of Topliss-reactive ketones (excluding diaryl/α,β-unsaturated/α-hetero) is 1. The molecule has 0 unspecified atom stereocenters. The van der Waals surface area contributed by atoms with Crippen molar-refractivity contribution in [1.82, 2.24) is 0 Å². The Hall–Kier alpha value is -2.23. The molecule has 0 aromatic heterocycles. The monoisotopic (exact) mass is 506 g/mol. The van der Waals surface area contributed by atoms with Crippen LogP contribution in [0.15, 0.2) is 99.0 Å². The van der Waals surface area contributed by atoms with Crippen LogP contribution in [0.5, 0.6) is 0 Å². The van der Waals surface area contributed by atoms with Gasteiger partial charge in [0.15, 0.2) is 5.78 Å². The summed E-state index contributed by atoms with van der Waals surface area (Å²) in [6.45, 7) is 0. The van der Waals surface area contributed by atoms with Crippen LogP contribution in [-0.2, 0) is 4.79 Å². The SMILES string of the molecule is O=C1/C(=C\c2ccc(Br)cc2)CC(c2ccccc2)C/C1=C/c1ccc(Br)cc1. The molecular weight excluding hydrogens is 488 g/mol. The van der Waals surface area contributed by atoms with Gasteiger partial charge in [0.1, 0.15) is 0 Å². The molecule has 0 amide bonds. The maximum atomic E-state index is 13.3. The standard InChI is InChI=1S/C26H20Br2O/c27-24-10-6-18(7-11-24)14-22-16-21(20-4-2-1-3-5-20)17-23(26(22)29)15-19-8-12-25(28)13-9-19/h1-15,21H,16-17H2/b22-14-,23-15-. The summed E-state index contributed by atoms with van der Waals surface area (Å²) in [6, 6.07) is 26.7. The molecule has 0 atom stereocenters. The number of ketones is 1. The van der Waals surface area contributed by atoms with Gasteiger partial charge < -0.3 is 0 Å². The van der Waals surface area contributed by atoms with Gasteiger partial charge in [-0.3, -0.25) is 4.79 Å². The summed E-state index contributed by atoms with van der Waals surface area (Å²) in [5, 5.41) is 0. The van der Waals surface area contributed by atoms with Crippen molar-refractivity contribution >= 4 is 49.8 Å². The Morgan fingerprint density at radius 2 is 1.10 bits per heavy atom. The molecule has 0 heterocycles. The largest absolute Gasteiger partial charge is 0.289 e. The maximum absolute atomic E-state index is 13.3. The van der Waals surface area contributed by atoms with Crippen LogP contribution >= 0.6 is 31.9 Å². The molecule has 144 valence electrons. The third-order valence-corrected chi connectivity index (χ3v) is 6.27. The van der Waals surface area contributed by atoms with Gasteiger partial charge in [-0.05, 0) is 71.9 Å². The summed E-state index contributed by atoms with van der Waals surface area (Å²) in [4.78, 5) is 13.3. The Morgan fingerprint density at radius 3 is 1.55 bits per heavy atom. The van der Waals surface area contributed by atoms with Crippen LogP contribution in [0.4, 0.5) is 0 Å². The topological polar surface area (TPSA) is 17.1 Å². The zero-order chi connectivity index (χ0) is 20.2. The molecule has 3 heteroatoms. The summed E-state index contributed by atoms with van der Waals surface area (Å²) < 4.78 is 2.07. The average Bonchev–Trinajstić information content (AvgIpc) is 2.74. The molecular formula is C26H20Br2O. The molecule has 1 saturated carbocycles. The van der Waals surface area contributed by atoms with Gasteiger partial charge >= 0.3 is 0 Å². The van der Waals surface area contributed by atoms with Gasteiger partial charge in [0.05, 0.1) is 0 Å². The van der Waals surface area contributed by atoms with Crippen molar-refractivity contribution in [2.45, 2.75) is 18.8 Å². The fourth-order valence-corrected chi connectivity index (χ4v) is 4.25. The Kier molecular flexibility index (Phi) is 6.27. The first-order chi connectivity index (χ1) is 14.1. The lowest BCUT2D eigenvalue weighted by Crippen LogP contribution is -2.19. The Labute approximate surface area is 188 Å². The average molecular weight is 508 g/mol. The lowest BCUT2D eigenvalue weighted by molar-refractivity contribution is -0.113. The van der Waals surface area contributed by atoms with Crippen molar-refractivity contribution in [2.24, 2.45) is 0 Å². The van der Waals surface area contributed by atoms with Crippen molar-refractivity contribution in [2.75, 3.05) is 0 Å². The molecule has 3 aromatic rings. The molecule has 0 radical (unpaired) electrons. The van der Waals surface area contributed by atoms with Crippen molar-refractivity contribution < 1.29 is 4.79 Å². The lowest BCUT2D eigenvalue weighted by Gasteiger charge is -2.26. The zero-order valence-electron chi connectivity index (χ0n) is 15.8. The lowest BCUT2D eigenvalue weighted by atomic mass is 9.77. The van der Waals surface area contributed by atoms with Crippen molar-refractivity contribution in [3.63, 3.8) is 0 Å². The highest BCUT2D eigenvalue weighted by atomic mass is 79.9. The second-order valence-electron chi connectivity index (χ2n) is 7.29. The summed E-state index contributed by atoms with van der Waals surface area (Å²) >= 11 is 6.95. The fraction of sp³-hybridized carbons (Fsp3) is 0.115. The van der Waals surface area contributed by atoms with Crippen molar-refractivity contribution in [3.05, 3.63) is 116 Å². The summed E-state index contributed by atoms with van der Waals surface area (Å²) in [6.07, 6.45) is 5.60. The number of hydrogen-bond acceptors (Lipinski definition) is 1. The molecule has 3 aromatic carbocycles. The summed E-state index contributed by atoms with van der Waals surface area (Å²) in [7, 11) is 0. The van der Waals surface area contributed by atoms with Crippen LogP contribution in [-0.4, -0.2) is 5.78 Å². The van der Waals surface area contributed by atoms with Crippen molar-refractivity contribution in [3.8, 4) is 0 Å². The normalized spacial score (nSPS) is 19.7. The molecule has 4 rings (SSSR count). The van der Waals surface area contributed by atoms with Crippen LogP contribution in [0, 0.1) is 0 Å². The van der Waals surface area contributed by atoms with E-state index in [4.69, 9.17) is 0 Å². The first kappa shape index (κ1) is 20.1. The number of allylic oxidation sites excluding steroid dienone is 2. The van der Waals surface area contributed by atoms with E-state index in [1.807, 2.05) is 66.7 Å². The van der Waals surface area contributed by atoms with E-state index in [2.05, 4.69) is 56.1 Å². The second kappa shape index (κ2) is 9.06. The van der Waals surface area contributed by atoms with Crippen LogP contribution in [0.2, 0.25) is 0 Å². The van der Waals surface area contributed by atoms with Gasteiger partial charge in [-0.25, -0.2) is 0 Å². The first-order valence-corrected chi connectivity index (χ1v) is 11.2. The molecule has 0 N–H and O–H groups in total. The van der Waals surface area contributed by atoms with Crippen LogP contribution in [0.1, 0.15) is 35.4 Å². The molecule has 1 aliphatic carbocycles. The van der Waals surface area contributed by atoms with E-state index < -0.39 is 0 Å². The quantitative estimate of drug-likeness (QED) is 0.330. The van der Waals surface area contributed by atoms with Gasteiger partial charge in [-0.2, -0.15) is 0 Å².